The third-order valence-corrected chi connectivity index (χ3v) is 4.37. The van der Waals surface area contributed by atoms with Crippen LogP contribution < -0.4 is 10.6 Å². The fraction of sp³-hybridized carbons (Fsp3) is 0.389. The van der Waals surface area contributed by atoms with Gasteiger partial charge in [0.25, 0.3) is 0 Å². The zero-order valence-electron chi connectivity index (χ0n) is 12.8. The minimum Gasteiger partial charge on any atom is -0.349 e. The van der Waals surface area contributed by atoms with E-state index in [0.29, 0.717) is 12.6 Å². The summed E-state index contributed by atoms with van der Waals surface area (Å²) in [6.45, 7) is 5.80. The molecular formula is C18H23N3. The Hall–Kier alpha value is -1.87. The molecule has 0 spiro atoms. The lowest BCUT2D eigenvalue weighted by Gasteiger charge is -2.29. The molecule has 2 aromatic rings. The van der Waals surface area contributed by atoms with E-state index in [0.717, 1.165) is 18.1 Å². The molecule has 1 saturated heterocycles. The van der Waals surface area contributed by atoms with Crippen LogP contribution in [0.4, 0.5) is 5.82 Å². The number of anilines is 1. The number of rotatable bonds is 3. The third-order valence-electron chi connectivity index (χ3n) is 4.37. The summed E-state index contributed by atoms with van der Waals surface area (Å²) in [6.07, 6.45) is 2.39. The first-order chi connectivity index (χ1) is 10.2. The van der Waals surface area contributed by atoms with Gasteiger partial charge < -0.3 is 10.6 Å². The molecule has 110 valence electrons. The second-order valence-corrected chi connectivity index (χ2v) is 5.85. The molecule has 1 aromatic carbocycles. The second kappa shape index (κ2) is 5.86. The van der Waals surface area contributed by atoms with Crippen molar-refractivity contribution < 1.29 is 0 Å². The molecule has 0 aliphatic carbocycles. The molecule has 0 bridgehead atoms. The Kier molecular flexibility index (Phi) is 3.93. The van der Waals surface area contributed by atoms with Crippen LogP contribution in [-0.4, -0.2) is 11.5 Å². The normalized spacial score (nSPS) is 18.2. The molecule has 0 radical (unpaired) electrons. The van der Waals surface area contributed by atoms with Crippen molar-refractivity contribution in [3.63, 3.8) is 0 Å². The Bertz CT molecular complexity index is 622. The lowest BCUT2D eigenvalue weighted by molar-refractivity contribution is 0.705. The predicted molar refractivity (Wildman–Crippen MR) is 87.4 cm³/mol. The fourth-order valence-electron chi connectivity index (χ4n) is 3.38. The first-order valence-electron chi connectivity index (χ1n) is 7.69. The summed E-state index contributed by atoms with van der Waals surface area (Å²) in [4.78, 5) is 7.25. The van der Waals surface area contributed by atoms with Crippen molar-refractivity contribution in [1.82, 2.24) is 4.98 Å². The second-order valence-electron chi connectivity index (χ2n) is 5.85. The quantitative estimate of drug-likeness (QED) is 0.936. The molecule has 1 unspecified atom stereocenters. The summed E-state index contributed by atoms with van der Waals surface area (Å²) in [5.74, 6) is 1.08. The number of pyridine rings is 1. The van der Waals surface area contributed by atoms with E-state index in [-0.39, 0.29) is 0 Å². The average molecular weight is 281 g/mol. The SMILES string of the molecule is Cc1cc(C)c(CN)c(N2CCCC2c2ccccc2)n1. The molecule has 2 heterocycles. The van der Waals surface area contributed by atoms with E-state index in [1.165, 1.54) is 29.5 Å². The molecule has 3 rings (SSSR count). The Morgan fingerprint density at radius 1 is 1.24 bits per heavy atom. The van der Waals surface area contributed by atoms with Crippen molar-refractivity contribution >= 4 is 5.82 Å². The summed E-state index contributed by atoms with van der Waals surface area (Å²) < 4.78 is 0. The van der Waals surface area contributed by atoms with Crippen molar-refractivity contribution in [3.05, 3.63) is 58.8 Å². The van der Waals surface area contributed by atoms with Crippen molar-refractivity contribution in [3.8, 4) is 0 Å². The van der Waals surface area contributed by atoms with Crippen LogP contribution >= 0.6 is 0 Å². The Labute approximate surface area is 126 Å². The molecule has 0 saturated carbocycles. The zero-order chi connectivity index (χ0) is 14.8. The summed E-state index contributed by atoms with van der Waals surface area (Å²) in [5.41, 5.74) is 10.9. The molecule has 1 aromatic heterocycles. The maximum absolute atomic E-state index is 5.99. The molecule has 21 heavy (non-hydrogen) atoms. The third kappa shape index (κ3) is 2.66. The van der Waals surface area contributed by atoms with Gasteiger partial charge in [-0.25, -0.2) is 4.98 Å². The van der Waals surface area contributed by atoms with Gasteiger partial charge in [0.1, 0.15) is 5.82 Å². The maximum atomic E-state index is 5.99. The zero-order valence-corrected chi connectivity index (χ0v) is 12.8. The topological polar surface area (TPSA) is 42.1 Å². The van der Waals surface area contributed by atoms with E-state index in [2.05, 4.69) is 55.1 Å². The van der Waals surface area contributed by atoms with Gasteiger partial charge in [-0.2, -0.15) is 0 Å². The van der Waals surface area contributed by atoms with Gasteiger partial charge in [-0.3, -0.25) is 0 Å². The molecule has 1 aliphatic heterocycles. The van der Waals surface area contributed by atoms with Crippen LogP contribution in [0.5, 0.6) is 0 Å². The van der Waals surface area contributed by atoms with E-state index in [1.54, 1.807) is 0 Å². The highest BCUT2D eigenvalue weighted by atomic mass is 15.2. The van der Waals surface area contributed by atoms with E-state index in [1.807, 2.05) is 0 Å². The Morgan fingerprint density at radius 2 is 2.00 bits per heavy atom. The number of benzene rings is 1. The molecule has 1 aliphatic rings. The number of aryl methyl sites for hydroxylation is 2. The van der Waals surface area contributed by atoms with Crippen molar-refractivity contribution in [1.29, 1.82) is 0 Å². The standard InChI is InChI=1S/C18H23N3/c1-13-11-14(2)20-18(16(13)12-19)21-10-6-9-17(21)15-7-4-3-5-8-15/h3-5,7-8,11,17H,6,9-10,12,19H2,1-2H3. The Balaban J connectivity index is 2.03. The average Bonchev–Trinajstić information content (AvgIpc) is 2.96. The van der Waals surface area contributed by atoms with Crippen LogP contribution in [0, 0.1) is 13.8 Å². The monoisotopic (exact) mass is 281 g/mol. The van der Waals surface area contributed by atoms with Gasteiger partial charge >= 0.3 is 0 Å². The van der Waals surface area contributed by atoms with E-state index < -0.39 is 0 Å². The van der Waals surface area contributed by atoms with Gasteiger partial charge in [0.15, 0.2) is 0 Å². The van der Waals surface area contributed by atoms with Gasteiger partial charge in [0.05, 0.1) is 6.04 Å². The first kappa shape index (κ1) is 14.1. The van der Waals surface area contributed by atoms with Gasteiger partial charge in [-0.05, 0) is 43.9 Å². The summed E-state index contributed by atoms with van der Waals surface area (Å²) >= 11 is 0. The van der Waals surface area contributed by atoms with Crippen LogP contribution in [0.15, 0.2) is 36.4 Å². The number of hydrogen-bond acceptors (Lipinski definition) is 3. The molecule has 1 atom stereocenters. The van der Waals surface area contributed by atoms with Crippen LogP contribution in [0.2, 0.25) is 0 Å². The van der Waals surface area contributed by atoms with Crippen molar-refractivity contribution in [2.45, 2.75) is 39.3 Å². The Morgan fingerprint density at radius 3 is 2.71 bits per heavy atom. The molecule has 3 nitrogen and oxygen atoms in total. The highest BCUT2D eigenvalue weighted by Crippen LogP contribution is 2.37. The van der Waals surface area contributed by atoms with Crippen LogP contribution in [0.1, 0.15) is 41.3 Å². The van der Waals surface area contributed by atoms with Gasteiger partial charge in [0, 0.05) is 24.3 Å². The first-order valence-corrected chi connectivity index (χ1v) is 7.69. The smallest absolute Gasteiger partial charge is 0.134 e. The van der Waals surface area contributed by atoms with E-state index in [9.17, 15) is 0 Å². The van der Waals surface area contributed by atoms with Crippen molar-refractivity contribution in [2.24, 2.45) is 5.73 Å². The number of hydrogen-bond donors (Lipinski definition) is 1. The van der Waals surface area contributed by atoms with Crippen LogP contribution in [-0.2, 0) is 6.54 Å². The summed E-state index contributed by atoms with van der Waals surface area (Å²) in [7, 11) is 0. The minimum atomic E-state index is 0.421. The predicted octanol–water partition coefficient (Wildman–Crippen LogP) is 3.50. The number of nitrogens with two attached hydrogens (primary N) is 1. The highest BCUT2D eigenvalue weighted by molar-refractivity contribution is 5.54. The maximum Gasteiger partial charge on any atom is 0.134 e. The molecule has 3 heteroatoms. The molecular weight excluding hydrogens is 258 g/mol. The van der Waals surface area contributed by atoms with E-state index in [4.69, 9.17) is 10.7 Å². The number of aromatic nitrogens is 1. The molecule has 2 N–H and O–H groups in total. The largest absolute Gasteiger partial charge is 0.349 e. The minimum absolute atomic E-state index is 0.421. The summed E-state index contributed by atoms with van der Waals surface area (Å²) in [6, 6.07) is 13.3. The highest BCUT2D eigenvalue weighted by Gasteiger charge is 2.28. The van der Waals surface area contributed by atoms with Gasteiger partial charge in [-0.1, -0.05) is 30.3 Å². The lowest BCUT2D eigenvalue weighted by Crippen LogP contribution is -2.26. The molecule has 1 fully saturated rings. The lowest BCUT2D eigenvalue weighted by atomic mass is 10.0. The van der Waals surface area contributed by atoms with Gasteiger partial charge in [0.2, 0.25) is 0 Å². The number of nitrogens with zero attached hydrogens (tertiary/aromatic N) is 2. The summed E-state index contributed by atoms with van der Waals surface area (Å²) in [5, 5.41) is 0. The van der Waals surface area contributed by atoms with Crippen LogP contribution in [0.3, 0.4) is 0 Å². The fourth-order valence-corrected chi connectivity index (χ4v) is 3.38. The molecule has 0 amide bonds. The van der Waals surface area contributed by atoms with E-state index >= 15 is 0 Å². The van der Waals surface area contributed by atoms with Gasteiger partial charge in [-0.15, -0.1) is 0 Å². The van der Waals surface area contributed by atoms with Crippen molar-refractivity contribution in [2.75, 3.05) is 11.4 Å². The van der Waals surface area contributed by atoms with Crippen LogP contribution in [0.25, 0.3) is 0 Å².